The Morgan fingerprint density at radius 1 is 1.18 bits per heavy atom. The number of rotatable bonds is 7. The molecule has 1 unspecified atom stereocenters. The first-order valence-electron chi connectivity index (χ1n) is 11.9. The molecular formula is C24H31BrN4O5. The molecule has 5 heterocycles. The fourth-order valence-electron chi connectivity index (χ4n) is 5.98. The normalized spacial score (nSPS) is 28.0. The molecule has 1 aliphatic carbocycles. The van der Waals surface area contributed by atoms with Gasteiger partial charge in [0.05, 0.1) is 25.6 Å². The maximum atomic E-state index is 13.4. The molecule has 3 saturated heterocycles. The average molecular weight is 535 g/mol. The molecular weight excluding hydrogens is 504 g/mol. The molecule has 10 heteroatoms. The van der Waals surface area contributed by atoms with Gasteiger partial charge in [0.2, 0.25) is 5.95 Å². The monoisotopic (exact) mass is 534 g/mol. The smallest absolute Gasteiger partial charge is 0.343 e. The maximum absolute atomic E-state index is 13.4. The molecule has 0 aromatic carbocycles. The fraction of sp³-hybridized carbons (Fsp3) is 0.583. The van der Waals surface area contributed by atoms with Crippen LogP contribution >= 0.6 is 0 Å². The predicted molar refractivity (Wildman–Crippen MR) is 118 cm³/mol. The van der Waals surface area contributed by atoms with Gasteiger partial charge in [0.1, 0.15) is 6.54 Å². The number of furan rings is 1. The number of ether oxygens (including phenoxy) is 1. The first-order chi connectivity index (χ1) is 16.0. The van der Waals surface area contributed by atoms with Gasteiger partial charge in [-0.15, -0.1) is 0 Å². The van der Waals surface area contributed by atoms with Crippen molar-refractivity contribution in [2.45, 2.75) is 50.2 Å². The number of nitrogens with zero attached hydrogens (tertiary/aromatic N) is 3. The van der Waals surface area contributed by atoms with Crippen LogP contribution in [0.4, 0.5) is 5.95 Å². The quantitative estimate of drug-likeness (QED) is 0.354. The molecule has 2 atom stereocenters. The van der Waals surface area contributed by atoms with Crippen LogP contribution in [0.2, 0.25) is 0 Å². The third-order valence-corrected chi connectivity index (χ3v) is 7.81. The Kier molecular flexibility index (Phi) is 7.39. The molecule has 3 aliphatic heterocycles. The second kappa shape index (κ2) is 10.1. The molecule has 4 fully saturated rings. The summed E-state index contributed by atoms with van der Waals surface area (Å²) in [6.45, 7) is 2.60. The number of fused-ring (bicyclic) bond motifs is 3. The third kappa shape index (κ3) is 4.76. The summed E-state index contributed by atoms with van der Waals surface area (Å²) in [5.74, 6) is -0.366. The molecule has 0 radical (unpaired) electrons. The number of nitrogens with one attached hydrogen (secondary N) is 1. The fourth-order valence-corrected chi connectivity index (χ4v) is 5.98. The summed E-state index contributed by atoms with van der Waals surface area (Å²) < 4.78 is 11.8. The van der Waals surface area contributed by atoms with Gasteiger partial charge in [-0.1, -0.05) is 12.8 Å². The van der Waals surface area contributed by atoms with Gasteiger partial charge >= 0.3 is 5.97 Å². The highest BCUT2D eigenvalue weighted by Crippen LogP contribution is 2.43. The van der Waals surface area contributed by atoms with Crippen molar-refractivity contribution in [3.8, 4) is 0 Å². The van der Waals surface area contributed by atoms with E-state index < -0.39 is 11.6 Å². The van der Waals surface area contributed by atoms with Crippen LogP contribution in [-0.2, 0) is 19.9 Å². The lowest BCUT2D eigenvalue weighted by molar-refractivity contribution is -0.939. The largest absolute Gasteiger partial charge is 1.00 e. The van der Waals surface area contributed by atoms with E-state index >= 15 is 0 Å². The van der Waals surface area contributed by atoms with E-state index in [0.717, 1.165) is 51.6 Å². The van der Waals surface area contributed by atoms with Gasteiger partial charge in [0.25, 0.3) is 5.91 Å². The highest BCUT2D eigenvalue weighted by Gasteiger charge is 2.53. The number of halogens is 1. The molecule has 2 N–H and O–H groups in total. The number of anilines is 1. The van der Waals surface area contributed by atoms with Crippen LogP contribution in [0.5, 0.6) is 0 Å². The van der Waals surface area contributed by atoms with Gasteiger partial charge in [0, 0.05) is 42.6 Å². The number of amides is 1. The minimum atomic E-state index is -1.69. The van der Waals surface area contributed by atoms with Crippen LogP contribution < -0.4 is 22.3 Å². The molecule has 9 nitrogen and oxygen atoms in total. The number of hydrogen-bond donors (Lipinski definition) is 2. The molecule has 0 spiro atoms. The Bertz CT molecular complexity index is 975. The van der Waals surface area contributed by atoms with E-state index in [-0.39, 0.29) is 53.3 Å². The van der Waals surface area contributed by atoms with E-state index in [1.54, 1.807) is 24.5 Å². The minimum absolute atomic E-state index is 0. The lowest BCUT2D eigenvalue weighted by Gasteiger charge is -2.51. The summed E-state index contributed by atoms with van der Waals surface area (Å²) in [6, 6.07) is 3.35. The van der Waals surface area contributed by atoms with Crippen LogP contribution in [0.1, 0.15) is 44.1 Å². The third-order valence-electron chi connectivity index (χ3n) is 7.81. The van der Waals surface area contributed by atoms with Crippen LogP contribution in [0.25, 0.3) is 0 Å². The number of carbonyl (C=O) groups excluding carboxylic acids is 2. The van der Waals surface area contributed by atoms with Gasteiger partial charge in [-0.05, 0) is 25.0 Å². The van der Waals surface area contributed by atoms with Crippen molar-refractivity contribution in [2.24, 2.45) is 11.8 Å². The van der Waals surface area contributed by atoms with Gasteiger partial charge in [-0.3, -0.25) is 10.1 Å². The number of piperidine rings is 3. The Morgan fingerprint density at radius 3 is 2.53 bits per heavy atom. The second-order valence-electron chi connectivity index (χ2n) is 9.79. The van der Waals surface area contributed by atoms with Crippen molar-refractivity contribution in [1.29, 1.82) is 0 Å². The first kappa shape index (κ1) is 24.8. The van der Waals surface area contributed by atoms with Crippen molar-refractivity contribution >= 4 is 17.8 Å². The number of quaternary nitrogens is 1. The van der Waals surface area contributed by atoms with Gasteiger partial charge in [0.15, 0.2) is 18.2 Å². The van der Waals surface area contributed by atoms with E-state index in [4.69, 9.17) is 9.15 Å². The van der Waals surface area contributed by atoms with Crippen molar-refractivity contribution < 1.29 is 45.3 Å². The minimum Gasteiger partial charge on any atom is -1.00 e. The average Bonchev–Trinajstić information content (AvgIpc) is 3.54. The summed E-state index contributed by atoms with van der Waals surface area (Å²) >= 11 is 0. The molecule has 2 bridgehead atoms. The van der Waals surface area contributed by atoms with Crippen LogP contribution in [-0.4, -0.2) is 63.7 Å². The van der Waals surface area contributed by atoms with Gasteiger partial charge in [-0.2, -0.15) is 0 Å². The number of aliphatic hydroxyl groups is 1. The Hall–Kier alpha value is -2.30. The van der Waals surface area contributed by atoms with Crippen LogP contribution in [0.3, 0.4) is 0 Å². The zero-order valence-electron chi connectivity index (χ0n) is 19.1. The van der Waals surface area contributed by atoms with Crippen molar-refractivity contribution in [3.05, 3.63) is 42.6 Å². The SMILES string of the molecule is O=C(C[N+]12CCC(CC1)C(OC(=O)[C@](O)(c1ccoc1)C1CCCC1)C2)Nc1ncccn1.[Br-]. The molecule has 1 amide bonds. The lowest BCUT2D eigenvalue weighted by Crippen LogP contribution is -3.00. The molecule has 2 aromatic rings. The standard InChI is InChI=1S/C24H30N4O5.BrH/c29-21(27-23-25-9-3-10-26-23)15-28-11-6-17(7-12-28)20(14-28)33-22(30)24(31,18-4-1-2-5-18)19-8-13-32-16-19;/h3,8-10,13,16-18,20,31H,1-2,4-7,11-12,14-15H2;1H/t17?,20?,24-,28?;/m1./s1. The van der Waals surface area contributed by atoms with E-state index in [0.29, 0.717) is 16.6 Å². The molecule has 34 heavy (non-hydrogen) atoms. The lowest BCUT2D eigenvalue weighted by atomic mass is 9.80. The maximum Gasteiger partial charge on any atom is 0.343 e. The molecule has 2 aromatic heterocycles. The van der Waals surface area contributed by atoms with Gasteiger partial charge in [-0.25, -0.2) is 14.8 Å². The van der Waals surface area contributed by atoms with Gasteiger partial charge < -0.3 is 35.7 Å². The number of hydrogen-bond acceptors (Lipinski definition) is 7. The topological polar surface area (TPSA) is 115 Å². The first-order valence-corrected chi connectivity index (χ1v) is 11.9. The van der Waals surface area contributed by atoms with E-state index in [2.05, 4.69) is 15.3 Å². The van der Waals surface area contributed by atoms with Crippen LogP contribution in [0, 0.1) is 11.8 Å². The molecule has 1 saturated carbocycles. The summed E-state index contributed by atoms with van der Waals surface area (Å²) in [5, 5.41) is 14.4. The Labute approximate surface area is 209 Å². The zero-order valence-corrected chi connectivity index (χ0v) is 20.7. The summed E-state index contributed by atoms with van der Waals surface area (Å²) in [7, 11) is 0. The highest BCUT2D eigenvalue weighted by molar-refractivity contribution is 5.89. The van der Waals surface area contributed by atoms with Crippen LogP contribution in [0.15, 0.2) is 41.5 Å². The second-order valence-corrected chi connectivity index (χ2v) is 9.79. The molecule has 184 valence electrons. The van der Waals surface area contributed by atoms with Crippen molar-refractivity contribution in [3.63, 3.8) is 0 Å². The number of esters is 1. The van der Waals surface area contributed by atoms with E-state index in [1.807, 2.05) is 0 Å². The highest BCUT2D eigenvalue weighted by atomic mass is 79.9. The summed E-state index contributed by atoms with van der Waals surface area (Å²) in [4.78, 5) is 34.3. The molecule has 4 aliphatic rings. The zero-order chi connectivity index (χ0) is 22.9. The predicted octanol–water partition coefficient (Wildman–Crippen LogP) is -0.758. The van der Waals surface area contributed by atoms with Crippen molar-refractivity contribution in [1.82, 2.24) is 9.97 Å². The van der Waals surface area contributed by atoms with E-state index in [1.165, 1.54) is 12.5 Å². The Balaban J connectivity index is 0.00000274. The number of carbonyl (C=O) groups is 2. The van der Waals surface area contributed by atoms with E-state index in [9.17, 15) is 14.7 Å². The molecule has 6 rings (SSSR count). The summed E-state index contributed by atoms with van der Waals surface area (Å²) in [6.07, 6.45) is 11.1. The summed E-state index contributed by atoms with van der Waals surface area (Å²) in [5.41, 5.74) is -1.23. The Morgan fingerprint density at radius 2 is 1.88 bits per heavy atom. The van der Waals surface area contributed by atoms with Crippen molar-refractivity contribution in [2.75, 3.05) is 31.5 Å². The number of aromatic nitrogens is 2.